The van der Waals surface area contributed by atoms with E-state index in [1.807, 2.05) is 12.1 Å². The standard InChI is InChI=1S/C20H26BrN3O2/c1-19(2)14-8-10-20(19,3)16(12-14)23-24-17(25)9-11-22-18(26)13-4-6-15(21)7-5-13/h4-7,14H,8-12H2,1-3H3,(H,22,26)(H,24,25)/b23-16+/t14-,20-/m0/s1. The van der Waals surface area contributed by atoms with E-state index in [0.29, 0.717) is 11.5 Å². The second kappa shape index (κ2) is 7.14. The van der Waals surface area contributed by atoms with Crippen molar-refractivity contribution in [2.24, 2.45) is 21.8 Å². The van der Waals surface area contributed by atoms with Gasteiger partial charge in [0.2, 0.25) is 5.91 Å². The van der Waals surface area contributed by atoms with Crippen molar-refractivity contribution in [1.82, 2.24) is 10.7 Å². The zero-order valence-corrected chi connectivity index (χ0v) is 17.1. The predicted molar refractivity (Wildman–Crippen MR) is 106 cm³/mol. The second-order valence-electron chi connectivity index (χ2n) is 8.10. The van der Waals surface area contributed by atoms with E-state index in [2.05, 4.69) is 52.5 Å². The lowest BCUT2D eigenvalue weighted by Crippen LogP contribution is -2.34. The number of amides is 2. The van der Waals surface area contributed by atoms with Gasteiger partial charge in [0.1, 0.15) is 0 Å². The van der Waals surface area contributed by atoms with Crippen molar-refractivity contribution in [1.29, 1.82) is 0 Å². The van der Waals surface area contributed by atoms with Crippen molar-refractivity contribution in [2.45, 2.75) is 46.5 Å². The Hall–Kier alpha value is -1.69. The first-order chi connectivity index (χ1) is 12.2. The molecular formula is C20H26BrN3O2. The molecule has 0 aromatic heterocycles. The lowest BCUT2D eigenvalue weighted by molar-refractivity contribution is -0.120. The molecule has 1 aromatic rings. The van der Waals surface area contributed by atoms with Crippen molar-refractivity contribution in [3.05, 3.63) is 34.3 Å². The van der Waals surface area contributed by atoms with Crippen LogP contribution in [-0.2, 0) is 4.79 Å². The van der Waals surface area contributed by atoms with Crippen molar-refractivity contribution in [3.63, 3.8) is 0 Å². The Morgan fingerprint density at radius 1 is 1.23 bits per heavy atom. The molecule has 0 aliphatic heterocycles. The molecule has 1 aromatic carbocycles. The second-order valence-corrected chi connectivity index (χ2v) is 9.02. The fraction of sp³-hybridized carbons (Fsp3) is 0.550. The van der Waals surface area contributed by atoms with Crippen LogP contribution < -0.4 is 10.7 Å². The van der Waals surface area contributed by atoms with Gasteiger partial charge in [-0.1, -0.05) is 36.7 Å². The van der Waals surface area contributed by atoms with E-state index in [4.69, 9.17) is 0 Å². The smallest absolute Gasteiger partial charge is 0.251 e. The average Bonchev–Trinajstić information content (AvgIpc) is 2.93. The highest BCUT2D eigenvalue weighted by Gasteiger charge is 2.59. The summed E-state index contributed by atoms with van der Waals surface area (Å²) in [6.07, 6.45) is 3.58. The molecule has 2 fully saturated rings. The summed E-state index contributed by atoms with van der Waals surface area (Å²) in [4.78, 5) is 24.1. The van der Waals surface area contributed by atoms with Crippen LogP contribution >= 0.6 is 15.9 Å². The van der Waals surface area contributed by atoms with Crippen molar-refractivity contribution < 1.29 is 9.59 Å². The number of hydrogen-bond donors (Lipinski definition) is 2. The highest BCUT2D eigenvalue weighted by molar-refractivity contribution is 9.10. The molecule has 0 spiro atoms. The van der Waals surface area contributed by atoms with Gasteiger partial charge in [-0.2, -0.15) is 5.10 Å². The first-order valence-corrected chi connectivity index (χ1v) is 9.93. The van der Waals surface area contributed by atoms with E-state index in [9.17, 15) is 9.59 Å². The van der Waals surface area contributed by atoms with Crippen molar-refractivity contribution in [3.8, 4) is 0 Å². The van der Waals surface area contributed by atoms with Crippen LogP contribution in [0.4, 0.5) is 0 Å². The van der Waals surface area contributed by atoms with Gasteiger partial charge in [-0.05, 0) is 54.9 Å². The van der Waals surface area contributed by atoms with E-state index < -0.39 is 0 Å². The third-order valence-corrected chi connectivity index (χ3v) is 7.10. The summed E-state index contributed by atoms with van der Waals surface area (Å²) in [7, 11) is 0. The van der Waals surface area contributed by atoms with Crippen LogP contribution in [0.3, 0.4) is 0 Å². The lowest BCUT2D eigenvalue weighted by atomic mass is 9.70. The van der Waals surface area contributed by atoms with Gasteiger partial charge in [0.25, 0.3) is 5.91 Å². The Kier molecular flexibility index (Phi) is 5.24. The van der Waals surface area contributed by atoms with Gasteiger partial charge >= 0.3 is 0 Å². The van der Waals surface area contributed by atoms with Crippen LogP contribution in [-0.4, -0.2) is 24.1 Å². The minimum Gasteiger partial charge on any atom is -0.352 e. The third-order valence-electron chi connectivity index (χ3n) is 6.57. The minimum absolute atomic E-state index is 0.0841. The molecule has 2 aliphatic carbocycles. The molecule has 2 atom stereocenters. The Bertz CT molecular complexity index is 742. The molecular weight excluding hydrogens is 394 g/mol. The number of hydrogen-bond acceptors (Lipinski definition) is 3. The molecule has 0 heterocycles. The van der Waals surface area contributed by atoms with Gasteiger partial charge in [0.15, 0.2) is 0 Å². The molecule has 140 valence electrons. The van der Waals surface area contributed by atoms with E-state index in [1.54, 1.807) is 12.1 Å². The maximum Gasteiger partial charge on any atom is 0.251 e. The van der Waals surface area contributed by atoms with E-state index in [0.717, 1.165) is 23.0 Å². The molecule has 2 N–H and O–H groups in total. The predicted octanol–water partition coefficient (Wildman–Crippen LogP) is 3.89. The van der Waals surface area contributed by atoms with Crippen LogP contribution in [0.2, 0.25) is 0 Å². The lowest BCUT2D eigenvalue weighted by Gasteiger charge is -2.34. The van der Waals surface area contributed by atoms with E-state index in [-0.39, 0.29) is 35.6 Å². The Labute approximate surface area is 163 Å². The maximum absolute atomic E-state index is 12.1. The molecule has 26 heavy (non-hydrogen) atoms. The highest BCUT2D eigenvalue weighted by Crippen LogP contribution is 2.63. The summed E-state index contributed by atoms with van der Waals surface area (Å²) in [6, 6.07) is 7.11. The van der Waals surface area contributed by atoms with E-state index in [1.165, 1.54) is 6.42 Å². The molecule has 0 unspecified atom stereocenters. The molecule has 6 heteroatoms. The summed E-state index contributed by atoms with van der Waals surface area (Å²) in [5.41, 5.74) is 4.71. The van der Waals surface area contributed by atoms with Gasteiger partial charge in [-0.15, -0.1) is 0 Å². The quantitative estimate of drug-likeness (QED) is 0.710. The molecule has 0 saturated heterocycles. The molecule has 2 amide bonds. The fourth-order valence-electron chi connectivity index (χ4n) is 4.28. The van der Waals surface area contributed by atoms with Gasteiger partial charge in [0, 0.05) is 34.1 Å². The van der Waals surface area contributed by atoms with Crippen LogP contribution in [0.15, 0.2) is 33.8 Å². The number of benzene rings is 1. The summed E-state index contributed by atoms with van der Waals surface area (Å²) >= 11 is 3.34. The minimum atomic E-state index is -0.182. The summed E-state index contributed by atoms with van der Waals surface area (Å²) in [5.74, 6) is 0.310. The Morgan fingerprint density at radius 3 is 2.50 bits per heavy atom. The number of rotatable bonds is 5. The van der Waals surface area contributed by atoms with Gasteiger partial charge < -0.3 is 5.32 Å². The van der Waals surface area contributed by atoms with Crippen LogP contribution in [0.25, 0.3) is 0 Å². The monoisotopic (exact) mass is 419 g/mol. The first-order valence-electron chi connectivity index (χ1n) is 9.14. The number of carbonyl (C=O) groups excluding carboxylic acids is 2. The van der Waals surface area contributed by atoms with E-state index >= 15 is 0 Å². The number of nitrogens with zero attached hydrogens (tertiary/aromatic N) is 1. The SMILES string of the molecule is CC1(C)[C@H]2CC[C@@]1(C)/C(=N/NC(=O)CCNC(=O)c1ccc(Br)cc1)C2. The molecule has 5 nitrogen and oxygen atoms in total. The molecule has 0 radical (unpaired) electrons. The Balaban J connectivity index is 1.47. The molecule has 3 rings (SSSR count). The van der Waals surface area contributed by atoms with Crippen molar-refractivity contribution >= 4 is 33.5 Å². The number of carbonyl (C=O) groups is 2. The average molecular weight is 420 g/mol. The van der Waals surface area contributed by atoms with Crippen molar-refractivity contribution in [2.75, 3.05) is 6.54 Å². The summed E-state index contributed by atoms with van der Waals surface area (Å²) in [5, 5.41) is 7.20. The Morgan fingerprint density at radius 2 is 1.92 bits per heavy atom. The number of halogens is 1. The van der Waals surface area contributed by atoms with Gasteiger partial charge in [-0.25, -0.2) is 5.43 Å². The highest BCUT2D eigenvalue weighted by atomic mass is 79.9. The van der Waals surface area contributed by atoms with Gasteiger partial charge in [0.05, 0.1) is 0 Å². The zero-order valence-electron chi connectivity index (χ0n) is 15.6. The van der Waals surface area contributed by atoms with Crippen LogP contribution in [0.1, 0.15) is 56.8 Å². The summed E-state index contributed by atoms with van der Waals surface area (Å²) < 4.78 is 0.921. The van der Waals surface area contributed by atoms with Crippen LogP contribution in [0, 0.1) is 16.7 Å². The fourth-order valence-corrected chi connectivity index (χ4v) is 4.54. The topological polar surface area (TPSA) is 70.6 Å². The number of hydrazone groups is 1. The van der Waals surface area contributed by atoms with Gasteiger partial charge in [-0.3, -0.25) is 9.59 Å². The normalized spacial score (nSPS) is 27.5. The number of fused-ring (bicyclic) bond motifs is 2. The molecule has 2 saturated carbocycles. The molecule has 2 aliphatic rings. The summed E-state index contributed by atoms with van der Waals surface area (Å²) in [6.45, 7) is 7.18. The largest absolute Gasteiger partial charge is 0.352 e. The first kappa shape index (κ1) is 19.1. The zero-order chi connectivity index (χ0) is 18.9. The molecule has 2 bridgehead atoms. The van der Waals surface area contributed by atoms with Crippen LogP contribution in [0.5, 0.6) is 0 Å². The third kappa shape index (κ3) is 3.43. The number of nitrogens with one attached hydrogen (secondary N) is 2. The maximum atomic E-state index is 12.1.